The summed E-state index contributed by atoms with van der Waals surface area (Å²) in [5, 5.41) is 0. The van der Waals surface area contributed by atoms with E-state index in [1.54, 1.807) is 0 Å². The van der Waals surface area contributed by atoms with Gasteiger partial charge in [0.15, 0.2) is 5.82 Å². The molecule has 0 spiro atoms. The number of amides is 1. The number of anilines is 1. The lowest BCUT2D eigenvalue weighted by Crippen LogP contribution is -2.49. The molecule has 0 aliphatic carbocycles. The first-order chi connectivity index (χ1) is 10.9. The van der Waals surface area contributed by atoms with Gasteiger partial charge < -0.3 is 9.80 Å². The van der Waals surface area contributed by atoms with Crippen LogP contribution in [0.4, 0.5) is 19.1 Å². The van der Waals surface area contributed by atoms with Crippen LogP contribution in [0, 0.1) is 11.7 Å². The smallest absolute Gasteiger partial charge is 0.251 e. The Kier molecular flexibility index (Phi) is 4.41. The van der Waals surface area contributed by atoms with Crippen molar-refractivity contribution >= 4 is 11.9 Å². The van der Waals surface area contributed by atoms with Gasteiger partial charge in [-0.3, -0.25) is 4.79 Å². The van der Waals surface area contributed by atoms with Crippen molar-refractivity contribution in [3.05, 3.63) is 18.2 Å². The second kappa shape index (κ2) is 6.33. The topological polar surface area (TPSA) is 49.3 Å². The summed E-state index contributed by atoms with van der Waals surface area (Å²) in [4.78, 5) is 23.8. The number of alkyl halides is 2. The largest absolute Gasteiger partial charge is 0.342 e. The van der Waals surface area contributed by atoms with E-state index in [0.29, 0.717) is 19.0 Å². The maximum absolute atomic E-state index is 13.2. The first kappa shape index (κ1) is 16.0. The fourth-order valence-corrected chi connectivity index (χ4v) is 3.14. The third-order valence-corrected chi connectivity index (χ3v) is 4.47. The summed E-state index contributed by atoms with van der Waals surface area (Å²) in [6.07, 6.45) is 3.18. The Hall–Kier alpha value is -1.86. The van der Waals surface area contributed by atoms with Crippen LogP contribution in [-0.2, 0) is 4.79 Å². The van der Waals surface area contributed by atoms with E-state index in [9.17, 15) is 18.0 Å². The quantitative estimate of drug-likeness (QED) is 0.834. The Morgan fingerprint density at radius 1 is 1.17 bits per heavy atom. The van der Waals surface area contributed by atoms with Crippen molar-refractivity contribution in [2.45, 2.75) is 31.6 Å². The van der Waals surface area contributed by atoms with Crippen molar-refractivity contribution < 1.29 is 18.0 Å². The zero-order valence-corrected chi connectivity index (χ0v) is 12.7. The fourth-order valence-electron chi connectivity index (χ4n) is 3.14. The normalized spacial score (nSPS) is 24.6. The molecule has 0 bridgehead atoms. The van der Waals surface area contributed by atoms with Crippen molar-refractivity contribution in [1.82, 2.24) is 14.9 Å². The monoisotopic (exact) mass is 328 g/mol. The minimum absolute atomic E-state index is 0.0766. The van der Waals surface area contributed by atoms with Gasteiger partial charge in [-0.15, -0.1) is 0 Å². The van der Waals surface area contributed by atoms with Crippen LogP contribution in [-0.4, -0.2) is 52.9 Å². The average molecular weight is 328 g/mol. The van der Waals surface area contributed by atoms with Gasteiger partial charge in [0.1, 0.15) is 0 Å². The molecule has 1 atom stereocenters. The zero-order valence-electron chi connectivity index (χ0n) is 12.7. The SMILES string of the molecule is O=C(C1CCCN(c2ncc(F)cn2)C1)N1CCC(F)(F)CC1. The van der Waals surface area contributed by atoms with E-state index >= 15 is 0 Å². The minimum Gasteiger partial charge on any atom is -0.342 e. The molecule has 0 saturated carbocycles. The Bertz CT molecular complexity index is 556. The highest BCUT2D eigenvalue weighted by molar-refractivity contribution is 5.79. The number of aromatic nitrogens is 2. The number of hydrogen-bond acceptors (Lipinski definition) is 4. The number of halogens is 3. The molecule has 2 fully saturated rings. The molecule has 1 unspecified atom stereocenters. The lowest BCUT2D eigenvalue weighted by Gasteiger charge is -2.37. The molecule has 0 N–H and O–H groups in total. The van der Waals surface area contributed by atoms with E-state index in [1.165, 1.54) is 4.90 Å². The highest BCUT2D eigenvalue weighted by Gasteiger charge is 2.38. The zero-order chi connectivity index (χ0) is 16.4. The summed E-state index contributed by atoms with van der Waals surface area (Å²) in [6.45, 7) is 1.36. The molecular formula is C15H19F3N4O. The van der Waals surface area contributed by atoms with Crippen LogP contribution >= 0.6 is 0 Å². The van der Waals surface area contributed by atoms with E-state index in [4.69, 9.17) is 0 Å². The maximum Gasteiger partial charge on any atom is 0.251 e. The highest BCUT2D eigenvalue weighted by atomic mass is 19.3. The van der Waals surface area contributed by atoms with Crippen LogP contribution < -0.4 is 4.90 Å². The molecule has 23 heavy (non-hydrogen) atoms. The van der Waals surface area contributed by atoms with Crippen molar-refractivity contribution in [2.75, 3.05) is 31.1 Å². The first-order valence-corrected chi connectivity index (χ1v) is 7.84. The third kappa shape index (κ3) is 3.73. The summed E-state index contributed by atoms with van der Waals surface area (Å²) in [7, 11) is 0. The van der Waals surface area contributed by atoms with E-state index < -0.39 is 11.7 Å². The molecule has 3 rings (SSSR count). The van der Waals surface area contributed by atoms with Crippen LogP contribution in [0.1, 0.15) is 25.7 Å². The molecule has 2 aliphatic rings. The van der Waals surface area contributed by atoms with Gasteiger partial charge in [-0.1, -0.05) is 0 Å². The molecule has 2 aliphatic heterocycles. The number of piperidine rings is 2. The summed E-state index contributed by atoms with van der Waals surface area (Å²) in [5.41, 5.74) is 0. The molecule has 1 aromatic rings. The summed E-state index contributed by atoms with van der Waals surface area (Å²) < 4.78 is 39.3. The molecule has 0 aromatic carbocycles. The van der Waals surface area contributed by atoms with E-state index in [2.05, 4.69) is 9.97 Å². The van der Waals surface area contributed by atoms with Crippen LogP contribution in [0.15, 0.2) is 12.4 Å². The van der Waals surface area contributed by atoms with Gasteiger partial charge in [0.25, 0.3) is 5.92 Å². The number of carbonyl (C=O) groups is 1. The van der Waals surface area contributed by atoms with Gasteiger partial charge in [-0.25, -0.2) is 23.1 Å². The van der Waals surface area contributed by atoms with Crippen molar-refractivity contribution in [1.29, 1.82) is 0 Å². The lowest BCUT2D eigenvalue weighted by molar-refractivity contribution is -0.141. The molecule has 0 radical (unpaired) electrons. The van der Waals surface area contributed by atoms with Crippen molar-refractivity contribution in [3.63, 3.8) is 0 Å². The summed E-state index contributed by atoms with van der Waals surface area (Å²) >= 11 is 0. The van der Waals surface area contributed by atoms with Crippen LogP contribution in [0.3, 0.4) is 0 Å². The molecule has 8 heteroatoms. The summed E-state index contributed by atoms with van der Waals surface area (Å²) in [5.74, 6) is -3.09. The van der Waals surface area contributed by atoms with Gasteiger partial charge in [-0.05, 0) is 12.8 Å². The number of likely N-dealkylation sites (tertiary alicyclic amines) is 1. The number of rotatable bonds is 2. The molecule has 1 amide bonds. The number of carbonyl (C=O) groups excluding carboxylic acids is 1. The molecule has 2 saturated heterocycles. The van der Waals surface area contributed by atoms with Crippen LogP contribution in [0.5, 0.6) is 0 Å². The van der Waals surface area contributed by atoms with Gasteiger partial charge >= 0.3 is 0 Å². The molecule has 126 valence electrons. The number of hydrogen-bond donors (Lipinski definition) is 0. The Morgan fingerprint density at radius 3 is 2.48 bits per heavy atom. The predicted octanol–water partition coefficient (Wildman–Crippen LogP) is 2.09. The Morgan fingerprint density at radius 2 is 1.83 bits per heavy atom. The van der Waals surface area contributed by atoms with Gasteiger partial charge in [-0.2, -0.15) is 0 Å². The third-order valence-electron chi connectivity index (χ3n) is 4.47. The van der Waals surface area contributed by atoms with Gasteiger partial charge in [0.05, 0.1) is 18.3 Å². The fraction of sp³-hybridized carbons (Fsp3) is 0.667. The van der Waals surface area contributed by atoms with E-state index in [-0.39, 0.29) is 37.8 Å². The predicted molar refractivity (Wildman–Crippen MR) is 77.7 cm³/mol. The van der Waals surface area contributed by atoms with Gasteiger partial charge in [0.2, 0.25) is 11.9 Å². The average Bonchev–Trinajstić information content (AvgIpc) is 2.55. The van der Waals surface area contributed by atoms with Crippen LogP contribution in [0.25, 0.3) is 0 Å². The second-order valence-electron chi connectivity index (χ2n) is 6.17. The second-order valence-corrected chi connectivity index (χ2v) is 6.17. The number of nitrogens with zero attached hydrogens (tertiary/aromatic N) is 4. The molecular weight excluding hydrogens is 309 g/mol. The molecule has 5 nitrogen and oxygen atoms in total. The minimum atomic E-state index is -2.66. The lowest BCUT2D eigenvalue weighted by atomic mass is 9.95. The van der Waals surface area contributed by atoms with Gasteiger partial charge in [0, 0.05) is 39.0 Å². The molecule has 1 aromatic heterocycles. The Balaban J connectivity index is 1.62. The summed E-state index contributed by atoms with van der Waals surface area (Å²) in [6, 6.07) is 0. The molecule has 3 heterocycles. The van der Waals surface area contributed by atoms with E-state index in [0.717, 1.165) is 25.2 Å². The highest BCUT2D eigenvalue weighted by Crippen LogP contribution is 2.29. The Labute approximate surface area is 132 Å². The maximum atomic E-state index is 13.2. The standard InChI is InChI=1S/C15H19F3N4O/c16-12-8-19-14(20-9-12)22-5-1-2-11(10-22)13(23)21-6-3-15(17,18)4-7-21/h8-9,11H,1-7,10H2. The van der Waals surface area contributed by atoms with Crippen molar-refractivity contribution in [2.24, 2.45) is 5.92 Å². The van der Waals surface area contributed by atoms with Crippen LogP contribution in [0.2, 0.25) is 0 Å². The van der Waals surface area contributed by atoms with Crippen molar-refractivity contribution in [3.8, 4) is 0 Å². The first-order valence-electron chi connectivity index (χ1n) is 7.84. The van der Waals surface area contributed by atoms with E-state index in [1.807, 2.05) is 4.90 Å².